The fraction of sp³-hybridized carbons (Fsp3) is 0.385. The molecule has 0 radical (unpaired) electrons. The zero-order valence-electron chi connectivity index (χ0n) is 20.4. The molecule has 1 fully saturated rings. The molecule has 5 rings (SSSR count). The molecule has 1 saturated heterocycles. The van der Waals surface area contributed by atoms with Crippen LogP contribution in [0.4, 0.5) is 17.5 Å². The molecule has 188 valence electrons. The summed E-state index contributed by atoms with van der Waals surface area (Å²) in [5.41, 5.74) is 3.26. The number of aliphatic hydroxyl groups excluding tert-OH is 1. The first-order chi connectivity index (χ1) is 17.5. The number of hydrogen-bond donors (Lipinski definition) is 4. The minimum atomic E-state index is -0.390. The summed E-state index contributed by atoms with van der Waals surface area (Å²) in [6, 6.07) is 9.17. The molecule has 0 saturated carbocycles. The van der Waals surface area contributed by atoms with Crippen LogP contribution >= 0.6 is 0 Å². The molecule has 3 aromatic rings. The van der Waals surface area contributed by atoms with Gasteiger partial charge in [0.2, 0.25) is 5.95 Å². The van der Waals surface area contributed by atoms with E-state index in [0.717, 1.165) is 29.8 Å². The molecule has 0 aliphatic carbocycles. The van der Waals surface area contributed by atoms with Crippen LogP contribution in [0.2, 0.25) is 0 Å². The summed E-state index contributed by atoms with van der Waals surface area (Å²) < 4.78 is 10.9. The minimum absolute atomic E-state index is 0.0254. The lowest BCUT2D eigenvalue weighted by Gasteiger charge is -2.23. The Morgan fingerprint density at radius 2 is 2.08 bits per heavy atom. The van der Waals surface area contributed by atoms with E-state index in [1.165, 1.54) is 0 Å². The van der Waals surface area contributed by atoms with Crippen LogP contribution in [0.3, 0.4) is 0 Å². The predicted molar refractivity (Wildman–Crippen MR) is 136 cm³/mol. The van der Waals surface area contributed by atoms with Gasteiger partial charge in [-0.15, -0.1) is 0 Å². The van der Waals surface area contributed by atoms with Crippen LogP contribution < -0.4 is 20.7 Å². The number of aromatic nitrogens is 3. The van der Waals surface area contributed by atoms with E-state index in [2.05, 4.69) is 30.9 Å². The van der Waals surface area contributed by atoms with E-state index >= 15 is 0 Å². The van der Waals surface area contributed by atoms with Crippen LogP contribution in [0.1, 0.15) is 35.7 Å². The van der Waals surface area contributed by atoms with Gasteiger partial charge in [-0.25, -0.2) is 15.0 Å². The summed E-state index contributed by atoms with van der Waals surface area (Å²) in [5, 5.41) is 19.4. The second-order valence-electron chi connectivity index (χ2n) is 9.36. The number of hydrogen-bond acceptors (Lipinski definition) is 9. The van der Waals surface area contributed by atoms with Crippen LogP contribution in [0.15, 0.2) is 42.7 Å². The third-order valence-electron chi connectivity index (χ3n) is 6.75. The summed E-state index contributed by atoms with van der Waals surface area (Å²) in [6.07, 6.45) is 5.05. The van der Waals surface area contributed by atoms with Crippen molar-refractivity contribution < 1.29 is 19.4 Å². The Hall–Kier alpha value is -3.76. The van der Waals surface area contributed by atoms with Gasteiger partial charge in [-0.1, -0.05) is 6.92 Å². The quantitative estimate of drug-likeness (QED) is 0.395. The molecule has 2 aliphatic rings. The highest BCUT2D eigenvalue weighted by Gasteiger charge is 2.35. The summed E-state index contributed by atoms with van der Waals surface area (Å²) >= 11 is 0. The summed E-state index contributed by atoms with van der Waals surface area (Å²) in [4.78, 5) is 26.2. The number of nitrogens with one attached hydrogen (secondary N) is 3. The third kappa shape index (κ3) is 4.82. The van der Waals surface area contributed by atoms with Crippen molar-refractivity contribution in [2.24, 2.45) is 0 Å². The van der Waals surface area contributed by atoms with Crippen molar-refractivity contribution in [3.05, 3.63) is 53.9 Å². The van der Waals surface area contributed by atoms with E-state index in [1.54, 1.807) is 37.7 Å². The molecule has 4 N–H and O–H groups in total. The molecule has 1 aromatic carbocycles. The van der Waals surface area contributed by atoms with Gasteiger partial charge in [0.1, 0.15) is 11.6 Å². The second kappa shape index (κ2) is 10.1. The molecule has 2 aliphatic heterocycles. The van der Waals surface area contributed by atoms with Crippen LogP contribution in [-0.4, -0.2) is 65.5 Å². The maximum Gasteiger partial charge on any atom is 0.251 e. The van der Waals surface area contributed by atoms with Gasteiger partial charge in [-0.3, -0.25) is 4.79 Å². The molecule has 0 spiro atoms. The first-order valence-corrected chi connectivity index (χ1v) is 12.0. The molecular formula is C26H30N6O4. The number of benzene rings is 1. The number of fused-ring (bicyclic) bond motifs is 1. The summed E-state index contributed by atoms with van der Waals surface area (Å²) in [7, 11) is 1.56. The van der Waals surface area contributed by atoms with Crippen LogP contribution in [0.25, 0.3) is 11.3 Å². The number of carbonyl (C=O) groups is 1. The standard InChI is InChI=1S/C26H30N6O4/c1-26(15-33)14-29-23-19(26)11-17(13-28-23)20-5-8-27-25(31-20)32-21-4-3-16(12-22(21)35-2)24(34)30-18-6-9-36-10-7-18/h3-5,8,11-13,18,33H,6-7,9-10,14-15H2,1-2H3,(H,28,29)(H,30,34)(H,27,31,32)/t26-/m1/s1. The average Bonchev–Trinajstić information content (AvgIpc) is 3.26. The van der Waals surface area contributed by atoms with E-state index < -0.39 is 5.41 Å². The average molecular weight is 491 g/mol. The first kappa shape index (κ1) is 24.0. The highest BCUT2D eigenvalue weighted by Crippen LogP contribution is 2.37. The second-order valence-corrected chi connectivity index (χ2v) is 9.36. The Labute approximate surface area is 209 Å². The van der Waals surface area contributed by atoms with E-state index in [1.807, 2.05) is 19.1 Å². The zero-order chi connectivity index (χ0) is 25.1. The van der Waals surface area contributed by atoms with Crippen molar-refractivity contribution in [3.63, 3.8) is 0 Å². The topological polar surface area (TPSA) is 131 Å². The van der Waals surface area contributed by atoms with Crippen molar-refractivity contribution >= 4 is 23.4 Å². The Morgan fingerprint density at radius 3 is 2.86 bits per heavy atom. The Kier molecular flexibility index (Phi) is 6.71. The van der Waals surface area contributed by atoms with Gasteiger partial charge in [0.15, 0.2) is 0 Å². The van der Waals surface area contributed by atoms with Crippen LogP contribution in [0.5, 0.6) is 5.75 Å². The van der Waals surface area contributed by atoms with Gasteiger partial charge < -0.3 is 30.5 Å². The molecule has 10 heteroatoms. The van der Waals surface area contributed by atoms with Crippen molar-refractivity contribution in [1.82, 2.24) is 20.3 Å². The number of pyridine rings is 1. The van der Waals surface area contributed by atoms with Gasteiger partial charge in [0.25, 0.3) is 5.91 Å². The Balaban J connectivity index is 1.34. The summed E-state index contributed by atoms with van der Waals surface area (Å²) in [5.74, 6) is 1.54. The predicted octanol–water partition coefficient (Wildman–Crippen LogP) is 2.88. The smallest absolute Gasteiger partial charge is 0.251 e. The molecule has 1 amide bonds. The lowest BCUT2D eigenvalue weighted by Crippen LogP contribution is -2.38. The lowest BCUT2D eigenvalue weighted by molar-refractivity contribution is 0.0696. The van der Waals surface area contributed by atoms with Crippen molar-refractivity contribution in [3.8, 4) is 17.0 Å². The third-order valence-corrected chi connectivity index (χ3v) is 6.75. The largest absolute Gasteiger partial charge is 0.495 e. The number of rotatable bonds is 7. The number of anilines is 3. The minimum Gasteiger partial charge on any atom is -0.495 e. The Morgan fingerprint density at radius 1 is 1.25 bits per heavy atom. The monoisotopic (exact) mass is 490 g/mol. The van der Waals surface area contributed by atoms with Gasteiger partial charge in [0, 0.05) is 60.3 Å². The summed E-state index contributed by atoms with van der Waals surface area (Å²) in [6.45, 7) is 3.99. The fourth-order valence-corrected chi connectivity index (χ4v) is 4.47. The van der Waals surface area contributed by atoms with Crippen molar-refractivity contribution in [2.45, 2.75) is 31.2 Å². The van der Waals surface area contributed by atoms with Crippen LogP contribution in [-0.2, 0) is 10.2 Å². The Bertz CT molecular complexity index is 1260. The van der Waals surface area contributed by atoms with Crippen molar-refractivity contribution in [1.29, 1.82) is 0 Å². The number of amides is 1. The van der Waals surface area contributed by atoms with E-state index in [4.69, 9.17) is 9.47 Å². The van der Waals surface area contributed by atoms with Gasteiger partial charge >= 0.3 is 0 Å². The highest BCUT2D eigenvalue weighted by molar-refractivity contribution is 5.95. The number of carbonyl (C=O) groups excluding carboxylic acids is 1. The molecular weight excluding hydrogens is 460 g/mol. The molecule has 1 atom stereocenters. The SMILES string of the molecule is COc1cc(C(=O)NC2CCOCC2)ccc1Nc1nccc(-c2cnc3c(c2)[C@@](C)(CO)CN3)n1. The molecule has 10 nitrogen and oxygen atoms in total. The normalized spacial score (nSPS) is 19.3. The number of aliphatic hydroxyl groups is 1. The zero-order valence-corrected chi connectivity index (χ0v) is 20.4. The molecule has 0 unspecified atom stereocenters. The molecule has 2 aromatic heterocycles. The fourth-order valence-electron chi connectivity index (χ4n) is 4.47. The molecule has 0 bridgehead atoms. The van der Waals surface area contributed by atoms with Crippen LogP contribution in [0, 0.1) is 0 Å². The van der Waals surface area contributed by atoms with Gasteiger partial charge in [-0.05, 0) is 43.2 Å². The molecule has 4 heterocycles. The first-order valence-electron chi connectivity index (χ1n) is 12.0. The maximum atomic E-state index is 12.7. The molecule has 36 heavy (non-hydrogen) atoms. The van der Waals surface area contributed by atoms with E-state index in [0.29, 0.717) is 48.4 Å². The van der Waals surface area contributed by atoms with E-state index in [9.17, 15) is 9.90 Å². The highest BCUT2D eigenvalue weighted by atomic mass is 16.5. The number of ether oxygens (including phenoxy) is 2. The van der Waals surface area contributed by atoms with Gasteiger partial charge in [-0.2, -0.15) is 0 Å². The van der Waals surface area contributed by atoms with E-state index in [-0.39, 0.29) is 18.6 Å². The number of methoxy groups -OCH3 is 1. The number of nitrogens with zero attached hydrogens (tertiary/aromatic N) is 3. The lowest BCUT2D eigenvalue weighted by atomic mass is 9.85. The van der Waals surface area contributed by atoms with Crippen molar-refractivity contribution in [2.75, 3.05) is 44.1 Å². The maximum absolute atomic E-state index is 12.7. The van der Waals surface area contributed by atoms with Gasteiger partial charge in [0.05, 0.1) is 25.1 Å².